The van der Waals surface area contributed by atoms with E-state index >= 15 is 0 Å². The summed E-state index contributed by atoms with van der Waals surface area (Å²) < 4.78 is 0. The molecule has 0 amide bonds. The first-order chi connectivity index (χ1) is 4.34. The lowest BCUT2D eigenvalue weighted by atomic mass is 10.1. The summed E-state index contributed by atoms with van der Waals surface area (Å²) >= 11 is 0. The Kier molecular flexibility index (Phi) is 2.45. The van der Waals surface area contributed by atoms with Gasteiger partial charge in [-0.15, -0.1) is 0 Å². The predicted octanol–water partition coefficient (Wildman–Crippen LogP) is -1.12. The molecule has 2 N–H and O–H groups in total. The van der Waals surface area contributed by atoms with Crippen LogP contribution >= 0.6 is 0 Å². The minimum atomic E-state index is 0.271. The van der Waals surface area contributed by atoms with Crippen LogP contribution in [0.1, 0.15) is 0 Å². The summed E-state index contributed by atoms with van der Waals surface area (Å²) in [6, 6.07) is 0.664. The first-order valence-corrected chi connectivity index (χ1v) is 3.36. The van der Waals surface area contributed by atoms with E-state index in [4.69, 9.17) is 5.11 Å². The molecule has 1 aliphatic heterocycles. The third kappa shape index (κ3) is 1.64. The zero-order chi connectivity index (χ0) is 6.69. The molecule has 1 saturated heterocycles. The van der Waals surface area contributed by atoms with Gasteiger partial charge in [-0.05, 0) is 7.05 Å². The van der Waals surface area contributed by atoms with Gasteiger partial charge in [-0.2, -0.15) is 0 Å². The number of hydrogen-bond donors (Lipinski definition) is 2. The van der Waals surface area contributed by atoms with Crippen molar-refractivity contribution in [2.75, 3.05) is 33.3 Å². The lowest BCUT2D eigenvalue weighted by molar-refractivity contribution is 0.144. The Bertz CT molecular complexity index is 83.1. The van der Waals surface area contributed by atoms with E-state index in [0.29, 0.717) is 6.04 Å². The van der Waals surface area contributed by atoms with E-state index in [1.807, 2.05) is 7.05 Å². The zero-order valence-corrected chi connectivity index (χ0v) is 5.80. The number of nitrogens with zero attached hydrogens (tertiary/aromatic N) is 1. The van der Waals surface area contributed by atoms with E-state index in [2.05, 4.69) is 10.2 Å². The van der Waals surface area contributed by atoms with E-state index in [9.17, 15) is 0 Å². The van der Waals surface area contributed by atoms with Crippen LogP contribution in [0.25, 0.3) is 0 Å². The van der Waals surface area contributed by atoms with Crippen LogP contribution in [-0.2, 0) is 0 Å². The Morgan fingerprint density at radius 3 is 2.67 bits per heavy atom. The molecule has 0 radical (unpaired) electrons. The largest absolute Gasteiger partial charge is 0.395 e. The molecular weight excluding hydrogens is 116 g/mol. The minimum Gasteiger partial charge on any atom is -0.395 e. The van der Waals surface area contributed by atoms with Crippen LogP contribution in [0.2, 0.25) is 0 Å². The Labute approximate surface area is 55.7 Å². The molecular formula is C6H14N2O. The number of likely N-dealkylation sites (N-methyl/N-ethyl adjacent to an activating group) is 1. The second-order valence-corrected chi connectivity index (χ2v) is 2.52. The van der Waals surface area contributed by atoms with Crippen molar-refractivity contribution in [3.8, 4) is 0 Å². The van der Waals surface area contributed by atoms with E-state index in [1.54, 1.807) is 0 Å². The monoisotopic (exact) mass is 130 g/mol. The highest BCUT2D eigenvalue weighted by Crippen LogP contribution is 1.99. The van der Waals surface area contributed by atoms with Crippen molar-refractivity contribution in [2.45, 2.75) is 6.04 Å². The molecule has 1 heterocycles. The van der Waals surface area contributed by atoms with Crippen LogP contribution in [0, 0.1) is 0 Å². The first-order valence-electron chi connectivity index (χ1n) is 3.36. The Morgan fingerprint density at radius 1 is 1.67 bits per heavy atom. The number of aliphatic hydroxyl groups is 1. The van der Waals surface area contributed by atoms with E-state index in [0.717, 1.165) is 19.6 Å². The second kappa shape index (κ2) is 3.15. The summed E-state index contributed by atoms with van der Waals surface area (Å²) in [6.45, 7) is 3.23. The van der Waals surface area contributed by atoms with Crippen molar-refractivity contribution in [2.24, 2.45) is 0 Å². The summed E-state index contributed by atoms with van der Waals surface area (Å²) in [7, 11) is 2.04. The van der Waals surface area contributed by atoms with Gasteiger partial charge < -0.3 is 10.4 Å². The molecule has 3 nitrogen and oxygen atoms in total. The molecule has 0 bridgehead atoms. The fourth-order valence-corrected chi connectivity index (χ4v) is 0.925. The normalized spacial score (nSPS) is 20.3. The Hall–Kier alpha value is -0.120. The molecule has 0 aromatic carbocycles. The van der Waals surface area contributed by atoms with Crippen LogP contribution in [0.5, 0.6) is 0 Å². The lowest BCUT2D eigenvalue weighted by Gasteiger charge is -2.35. The van der Waals surface area contributed by atoms with Gasteiger partial charge in [0.05, 0.1) is 6.61 Å². The first kappa shape index (κ1) is 6.99. The summed E-state index contributed by atoms with van der Waals surface area (Å²) in [5.74, 6) is 0. The fraction of sp³-hybridized carbons (Fsp3) is 1.00. The smallest absolute Gasteiger partial charge is 0.0558 e. The summed E-state index contributed by atoms with van der Waals surface area (Å²) in [5, 5.41) is 11.7. The van der Waals surface area contributed by atoms with Crippen LogP contribution in [0.3, 0.4) is 0 Å². The fourth-order valence-electron chi connectivity index (χ4n) is 0.925. The van der Waals surface area contributed by atoms with Crippen molar-refractivity contribution in [3.63, 3.8) is 0 Å². The van der Waals surface area contributed by atoms with Crippen molar-refractivity contribution in [3.05, 3.63) is 0 Å². The van der Waals surface area contributed by atoms with Gasteiger partial charge in [0.1, 0.15) is 0 Å². The van der Waals surface area contributed by atoms with Gasteiger partial charge in [-0.3, -0.25) is 4.90 Å². The number of rotatable bonds is 3. The van der Waals surface area contributed by atoms with Crippen molar-refractivity contribution in [1.29, 1.82) is 0 Å². The van der Waals surface area contributed by atoms with E-state index < -0.39 is 0 Å². The van der Waals surface area contributed by atoms with Gasteiger partial charge in [0.25, 0.3) is 0 Å². The van der Waals surface area contributed by atoms with Gasteiger partial charge in [-0.25, -0.2) is 0 Å². The maximum atomic E-state index is 8.54. The van der Waals surface area contributed by atoms with Crippen LogP contribution in [-0.4, -0.2) is 49.3 Å². The van der Waals surface area contributed by atoms with Gasteiger partial charge >= 0.3 is 0 Å². The molecule has 54 valence electrons. The summed E-state index contributed by atoms with van der Waals surface area (Å²) in [5.41, 5.74) is 0. The maximum Gasteiger partial charge on any atom is 0.0558 e. The maximum absolute atomic E-state index is 8.54. The Balaban J connectivity index is 2.08. The molecule has 0 unspecified atom stereocenters. The van der Waals surface area contributed by atoms with Crippen LogP contribution < -0.4 is 5.32 Å². The number of nitrogens with one attached hydrogen (secondary N) is 1. The molecule has 0 atom stereocenters. The van der Waals surface area contributed by atoms with Crippen LogP contribution in [0.15, 0.2) is 0 Å². The van der Waals surface area contributed by atoms with Gasteiger partial charge in [0, 0.05) is 25.7 Å². The molecule has 1 rings (SSSR count). The van der Waals surface area contributed by atoms with Gasteiger partial charge in [-0.1, -0.05) is 0 Å². The number of hydrogen-bond acceptors (Lipinski definition) is 3. The average Bonchev–Trinajstić information content (AvgIpc) is 1.60. The van der Waals surface area contributed by atoms with E-state index in [-0.39, 0.29) is 6.61 Å². The second-order valence-electron chi connectivity index (χ2n) is 2.52. The number of aliphatic hydroxyl groups excluding tert-OH is 1. The molecule has 1 fully saturated rings. The molecule has 0 aromatic rings. The lowest BCUT2D eigenvalue weighted by Crippen LogP contribution is -2.56. The third-order valence-electron chi connectivity index (χ3n) is 1.84. The molecule has 0 spiro atoms. The van der Waals surface area contributed by atoms with Crippen LogP contribution in [0.4, 0.5) is 0 Å². The standard InChI is InChI=1S/C6H14N2O/c1-8(2-3-9)6-4-7-5-6/h6-7,9H,2-5H2,1H3. The zero-order valence-electron chi connectivity index (χ0n) is 5.80. The average molecular weight is 130 g/mol. The third-order valence-corrected chi connectivity index (χ3v) is 1.84. The topological polar surface area (TPSA) is 35.5 Å². The molecule has 3 heteroatoms. The van der Waals surface area contributed by atoms with Crippen molar-refractivity contribution >= 4 is 0 Å². The summed E-state index contributed by atoms with van der Waals surface area (Å²) in [4.78, 5) is 2.18. The quantitative estimate of drug-likeness (QED) is 0.508. The SMILES string of the molecule is CN(CCO)C1CNC1. The van der Waals surface area contributed by atoms with Crippen molar-refractivity contribution < 1.29 is 5.11 Å². The molecule has 0 aromatic heterocycles. The highest BCUT2D eigenvalue weighted by Gasteiger charge is 2.20. The molecule has 0 aliphatic carbocycles. The highest BCUT2D eigenvalue weighted by molar-refractivity contribution is 4.82. The predicted molar refractivity (Wildman–Crippen MR) is 36.4 cm³/mol. The van der Waals surface area contributed by atoms with Gasteiger partial charge in [0.15, 0.2) is 0 Å². The highest BCUT2D eigenvalue weighted by atomic mass is 16.3. The van der Waals surface area contributed by atoms with Gasteiger partial charge in [0.2, 0.25) is 0 Å². The molecule has 0 saturated carbocycles. The molecule has 9 heavy (non-hydrogen) atoms. The summed E-state index contributed by atoms with van der Waals surface area (Å²) in [6.07, 6.45) is 0. The van der Waals surface area contributed by atoms with Crippen molar-refractivity contribution in [1.82, 2.24) is 10.2 Å². The molecule has 1 aliphatic rings. The minimum absolute atomic E-state index is 0.271. The Morgan fingerprint density at radius 2 is 2.33 bits per heavy atom. The van der Waals surface area contributed by atoms with E-state index in [1.165, 1.54) is 0 Å².